The van der Waals surface area contributed by atoms with E-state index in [1.165, 1.54) is 12.1 Å². The number of benzene rings is 1. The van der Waals surface area contributed by atoms with Crippen LogP contribution in [-0.4, -0.2) is 23.5 Å². The Morgan fingerprint density at radius 1 is 1.53 bits per heavy atom. The fraction of sp³-hybridized carbons (Fsp3) is 0.364. The summed E-state index contributed by atoms with van der Waals surface area (Å²) in [6.07, 6.45) is -0.226. The fourth-order valence-electron chi connectivity index (χ4n) is 1.26. The molecule has 0 radical (unpaired) electrons. The van der Waals surface area contributed by atoms with Crippen LogP contribution in [0.25, 0.3) is 0 Å². The average Bonchev–Trinajstić information content (AvgIpc) is 2.27. The zero-order valence-electron chi connectivity index (χ0n) is 9.47. The Balaban J connectivity index is 3.17. The number of carbonyl (C=O) groups excluding carboxylic acids is 1. The lowest BCUT2D eigenvalue weighted by Gasteiger charge is -2.10. The summed E-state index contributed by atoms with van der Waals surface area (Å²) in [4.78, 5) is 21.2. The Morgan fingerprint density at radius 3 is 2.65 bits per heavy atom. The van der Waals surface area contributed by atoms with E-state index < -0.39 is 17.4 Å². The standard InChI is InChI=1S/C11H12FNO4/c1-7(2)17-11-4-3-8(10(14)6-12)5-9(11)13(15)16/h3-5,7H,6H2,1-2H3. The molecule has 0 N–H and O–H groups in total. The third kappa shape index (κ3) is 3.24. The van der Waals surface area contributed by atoms with E-state index >= 15 is 0 Å². The van der Waals surface area contributed by atoms with E-state index in [2.05, 4.69) is 0 Å². The van der Waals surface area contributed by atoms with Gasteiger partial charge in [0, 0.05) is 11.6 Å². The second kappa shape index (κ2) is 5.38. The maximum absolute atomic E-state index is 12.2. The Kier molecular flexibility index (Phi) is 4.14. The minimum absolute atomic E-state index is 0.0321. The van der Waals surface area contributed by atoms with Crippen molar-refractivity contribution in [2.24, 2.45) is 0 Å². The van der Waals surface area contributed by atoms with E-state index in [0.29, 0.717) is 0 Å². The highest BCUT2D eigenvalue weighted by Gasteiger charge is 2.19. The SMILES string of the molecule is CC(C)Oc1ccc(C(=O)CF)cc1[N+](=O)[O-]. The van der Waals surface area contributed by atoms with Gasteiger partial charge in [-0.25, -0.2) is 4.39 Å². The molecule has 0 atom stereocenters. The molecule has 0 aliphatic carbocycles. The van der Waals surface area contributed by atoms with Gasteiger partial charge in [0.2, 0.25) is 0 Å². The number of halogens is 1. The molecular weight excluding hydrogens is 229 g/mol. The maximum atomic E-state index is 12.2. The van der Waals surface area contributed by atoms with Crippen LogP contribution < -0.4 is 4.74 Å². The van der Waals surface area contributed by atoms with Crippen LogP contribution in [0.2, 0.25) is 0 Å². The largest absolute Gasteiger partial charge is 0.484 e. The lowest BCUT2D eigenvalue weighted by Crippen LogP contribution is -2.09. The third-order valence-electron chi connectivity index (χ3n) is 1.96. The average molecular weight is 241 g/mol. The minimum Gasteiger partial charge on any atom is -0.484 e. The number of alkyl halides is 1. The monoisotopic (exact) mass is 241 g/mol. The van der Waals surface area contributed by atoms with Crippen molar-refractivity contribution in [3.63, 3.8) is 0 Å². The third-order valence-corrected chi connectivity index (χ3v) is 1.96. The molecule has 0 aromatic heterocycles. The molecule has 0 fully saturated rings. The van der Waals surface area contributed by atoms with Crippen molar-refractivity contribution in [3.8, 4) is 5.75 Å². The van der Waals surface area contributed by atoms with Crippen molar-refractivity contribution in [1.82, 2.24) is 0 Å². The number of carbonyl (C=O) groups is 1. The Labute approximate surface area is 97.3 Å². The van der Waals surface area contributed by atoms with Crippen LogP contribution in [0.5, 0.6) is 5.75 Å². The van der Waals surface area contributed by atoms with Crippen LogP contribution in [-0.2, 0) is 0 Å². The summed E-state index contributed by atoms with van der Waals surface area (Å²) in [6.45, 7) is 2.27. The first-order valence-corrected chi connectivity index (χ1v) is 5.00. The highest BCUT2D eigenvalue weighted by atomic mass is 19.1. The molecule has 1 rings (SSSR count). The molecule has 0 spiro atoms. The van der Waals surface area contributed by atoms with Crippen molar-refractivity contribution in [1.29, 1.82) is 0 Å². The fourth-order valence-corrected chi connectivity index (χ4v) is 1.26. The Hall–Kier alpha value is -1.98. The predicted molar refractivity (Wildman–Crippen MR) is 59.2 cm³/mol. The molecule has 0 saturated heterocycles. The quantitative estimate of drug-likeness (QED) is 0.451. The Bertz CT molecular complexity index is 445. The molecule has 0 amide bonds. The molecule has 0 aliphatic rings. The van der Waals surface area contributed by atoms with Crippen molar-refractivity contribution in [3.05, 3.63) is 33.9 Å². The van der Waals surface area contributed by atoms with Crippen molar-refractivity contribution in [2.75, 3.05) is 6.67 Å². The first-order valence-electron chi connectivity index (χ1n) is 5.00. The molecule has 0 aliphatic heterocycles. The lowest BCUT2D eigenvalue weighted by atomic mass is 10.1. The Morgan fingerprint density at radius 2 is 2.18 bits per heavy atom. The minimum atomic E-state index is -1.18. The molecule has 0 unspecified atom stereocenters. The number of nitro benzene ring substituents is 1. The van der Waals surface area contributed by atoms with Crippen LogP contribution in [0.15, 0.2) is 18.2 Å². The number of nitrogens with zero attached hydrogens (tertiary/aromatic N) is 1. The van der Waals surface area contributed by atoms with E-state index in [0.717, 1.165) is 6.07 Å². The van der Waals surface area contributed by atoms with Gasteiger partial charge in [-0.2, -0.15) is 0 Å². The topological polar surface area (TPSA) is 69.4 Å². The molecule has 17 heavy (non-hydrogen) atoms. The number of rotatable bonds is 5. The zero-order valence-corrected chi connectivity index (χ0v) is 9.47. The van der Waals surface area contributed by atoms with Gasteiger partial charge in [0.05, 0.1) is 11.0 Å². The molecular formula is C11H12FNO4. The van der Waals surface area contributed by atoms with Crippen LogP contribution in [0, 0.1) is 10.1 Å². The molecule has 92 valence electrons. The summed E-state index contributed by atoms with van der Waals surface area (Å²) < 4.78 is 17.4. The molecule has 0 bridgehead atoms. The summed E-state index contributed by atoms with van der Waals surface area (Å²) in [5.41, 5.74) is -0.367. The van der Waals surface area contributed by atoms with E-state index in [4.69, 9.17) is 4.74 Å². The van der Waals surface area contributed by atoms with Gasteiger partial charge in [-0.15, -0.1) is 0 Å². The molecule has 0 heterocycles. The number of hydrogen-bond donors (Lipinski definition) is 0. The van der Waals surface area contributed by atoms with Gasteiger partial charge < -0.3 is 4.74 Å². The predicted octanol–water partition coefficient (Wildman–Crippen LogP) is 2.53. The molecule has 1 aromatic carbocycles. The van der Waals surface area contributed by atoms with Gasteiger partial charge in [-0.05, 0) is 26.0 Å². The summed E-state index contributed by atoms with van der Waals surface area (Å²) in [5.74, 6) is -0.718. The van der Waals surface area contributed by atoms with Crippen molar-refractivity contribution in [2.45, 2.75) is 20.0 Å². The summed E-state index contributed by atoms with van der Waals surface area (Å²) >= 11 is 0. The molecule has 1 aromatic rings. The van der Waals surface area contributed by atoms with Crippen molar-refractivity contribution < 1.29 is 18.8 Å². The van der Waals surface area contributed by atoms with E-state index in [1.54, 1.807) is 13.8 Å². The number of nitro groups is 1. The number of ether oxygens (including phenoxy) is 1. The summed E-state index contributed by atoms with van der Waals surface area (Å²) in [6, 6.07) is 3.65. The van der Waals surface area contributed by atoms with Gasteiger partial charge in [0.1, 0.15) is 0 Å². The molecule has 5 nitrogen and oxygen atoms in total. The normalized spacial score (nSPS) is 10.4. The van der Waals surface area contributed by atoms with Gasteiger partial charge in [-0.3, -0.25) is 14.9 Å². The van der Waals surface area contributed by atoms with Gasteiger partial charge >= 0.3 is 5.69 Å². The second-order valence-corrected chi connectivity index (χ2v) is 3.66. The summed E-state index contributed by atoms with van der Waals surface area (Å²) in [7, 11) is 0. The highest BCUT2D eigenvalue weighted by molar-refractivity contribution is 5.97. The molecule has 0 saturated carbocycles. The van der Waals surface area contributed by atoms with E-state index in [-0.39, 0.29) is 23.1 Å². The van der Waals surface area contributed by atoms with E-state index in [1.807, 2.05) is 0 Å². The first-order chi connectivity index (χ1) is 7.95. The lowest BCUT2D eigenvalue weighted by molar-refractivity contribution is -0.386. The van der Waals surface area contributed by atoms with E-state index in [9.17, 15) is 19.3 Å². The van der Waals surface area contributed by atoms with Crippen molar-refractivity contribution >= 4 is 11.5 Å². The number of ketones is 1. The second-order valence-electron chi connectivity index (χ2n) is 3.66. The van der Waals surface area contributed by atoms with Gasteiger partial charge in [0.15, 0.2) is 18.2 Å². The van der Waals surface area contributed by atoms with Crippen LogP contribution >= 0.6 is 0 Å². The molecule has 6 heteroatoms. The van der Waals surface area contributed by atoms with Crippen LogP contribution in [0.4, 0.5) is 10.1 Å². The summed E-state index contributed by atoms with van der Waals surface area (Å²) in [5, 5.41) is 10.8. The number of Topliss-reactive ketones (excluding diaryl/α,β-unsaturated/α-hetero) is 1. The smallest absolute Gasteiger partial charge is 0.311 e. The van der Waals surface area contributed by atoms with Gasteiger partial charge in [0.25, 0.3) is 0 Å². The number of hydrogen-bond acceptors (Lipinski definition) is 4. The maximum Gasteiger partial charge on any atom is 0.311 e. The van der Waals surface area contributed by atoms with Crippen LogP contribution in [0.1, 0.15) is 24.2 Å². The van der Waals surface area contributed by atoms with Crippen LogP contribution in [0.3, 0.4) is 0 Å². The zero-order chi connectivity index (χ0) is 13.0. The highest BCUT2D eigenvalue weighted by Crippen LogP contribution is 2.29. The first kappa shape index (κ1) is 13.1. The van der Waals surface area contributed by atoms with Gasteiger partial charge in [-0.1, -0.05) is 0 Å².